The number of fused-ring (bicyclic) bond motifs is 1. The number of para-hydroxylation sites is 2. The van der Waals surface area contributed by atoms with Gasteiger partial charge in [0, 0.05) is 18.3 Å². The summed E-state index contributed by atoms with van der Waals surface area (Å²) in [5.41, 5.74) is 2.81. The first-order valence-corrected chi connectivity index (χ1v) is 11.1. The van der Waals surface area contributed by atoms with E-state index in [4.69, 9.17) is 9.15 Å². The first-order chi connectivity index (χ1) is 14.6. The van der Waals surface area contributed by atoms with E-state index in [1.54, 1.807) is 12.1 Å². The van der Waals surface area contributed by atoms with Gasteiger partial charge in [0.05, 0.1) is 5.56 Å². The van der Waals surface area contributed by atoms with Crippen molar-refractivity contribution in [2.75, 3.05) is 13.2 Å². The van der Waals surface area contributed by atoms with Crippen LogP contribution >= 0.6 is 11.8 Å². The minimum Gasteiger partial charge on any atom is -0.452 e. The van der Waals surface area contributed by atoms with E-state index in [9.17, 15) is 9.59 Å². The first-order valence-electron chi connectivity index (χ1n) is 10.1. The van der Waals surface area contributed by atoms with Gasteiger partial charge in [-0.25, -0.2) is 9.78 Å². The summed E-state index contributed by atoms with van der Waals surface area (Å²) in [4.78, 5) is 31.4. The Kier molecular flexibility index (Phi) is 6.38. The second-order valence-electron chi connectivity index (χ2n) is 7.40. The van der Waals surface area contributed by atoms with Crippen LogP contribution in [0.15, 0.2) is 58.2 Å². The molecule has 156 valence electrons. The normalized spacial score (nSPS) is 16.6. The molecule has 0 N–H and O–H groups in total. The van der Waals surface area contributed by atoms with Crippen molar-refractivity contribution in [2.45, 2.75) is 43.2 Å². The molecular weight excluding hydrogens is 400 g/mol. The van der Waals surface area contributed by atoms with E-state index >= 15 is 0 Å². The molecule has 3 aromatic rings. The molecule has 1 aromatic heterocycles. The highest BCUT2D eigenvalue weighted by molar-refractivity contribution is 7.98. The van der Waals surface area contributed by atoms with Gasteiger partial charge in [0.1, 0.15) is 5.52 Å². The molecule has 1 saturated heterocycles. The van der Waals surface area contributed by atoms with Crippen molar-refractivity contribution < 1.29 is 18.7 Å². The van der Waals surface area contributed by atoms with Crippen LogP contribution < -0.4 is 0 Å². The molecule has 1 atom stereocenters. The quantitative estimate of drug-likeness (QED) is 0.423. The topological polar surface area (TPSA) is 72.6 Å². The molecule has 1 aliphatic rings. The molecule has 0 radical (unpaired) electrons. The molecule has 2 heterocycles. The van der Waals surface area contributed by atoms with Gasteiger partial charge in [-0.3, -0.25) is 4.79 Å². The van der Waals surface area contributed by atoms with Crippen molar-refractivity contribution >= 4 is 34.7 Å². The largest absolute Gasteiger partial charge is 0.452 e. The SMILES string of the molecule is CC1CCCCN1C(=O)COC(=O)c1ccccc1CSc1nc2ccccc2o1. The standard InChI is InChI=1S/C23H24N2O4S/c1-16-8-6-7-13-25(16)21(26)14-28-22(27)18-10-3-2-9-17(18)15-30-23-24-19-11-4-5-12-20(19)29-23/h2-5,9-12,16H,6-8,13-15H2,1H3. The highest BCUT2D eigenvalue weighted by Crippen LogP contribution is 2.27. The fourth-order valence-electron chi connectivity index (χ4n) is 3.65. The summed E-state index contributed by atoms with van der Waals surface area (Å²) >= 11 is 1.42. The fraction of sp³-hybridized carbons (Fsp3) is 0.348. The Morgan fingerprint density at radius 1 is 1.17 bits per heavy atom. The number of oxazole rings is 1. The second kappa shape index (κ2) is 9.34. The molecular formula is C23H24N2O4S. The van der Waals surface area contributed by atoms with Crippen molar-refractivity contribution in [3.05, 3.63) is 59.7 Å². The Morgan fingerprint density at radius 2 is 1.97 bits per heavy atom. The van der Waals surface area contributed by atoms with Crippen LogP contribution in [-0.4, -0.2) is 41.0 Å². The molecule has 1 fully saturated rings. The van der Waals surface area contributed by atoms with Crippen molar-refractivity contribution in [1.29, 1.82) is 0 Å². The molecule has 0 aliphatic carbocycles. The van der Waals surface area contributed by atoms with E-state index in [2.05, 4.69) is 4.98 Å². The Balaban J connectivity index is 1.38. The van der Waals surface area contributed by atoms with Gasteiger partial charge in [-0.2, -0.15) is 0 Å². The Bertz CT molecular complexity index is 1020. The van der Waals surface area contributed by atoms with E-state index in [-0.39, 0.29) is 18.6 Å². The zero-order chi connectivity index (χ0) is 20.9. The maximum absolute atomic E-state index is 12.6. The number of esters is 1. The maximum atomic E-state index is 12.6. The number of rotatable bonds is 6. The van der Waals surface area contributed by atoms with Gasteiger partial charge in [-0.05, 0) is 49.9 Å². The number of piperidine rings is 1. The van der Waals surface area contributed by atoms with E-state index in [1.165, 1.54) is 11.8 Å². The van der Waals surface area contributed by atoms with Gasteiger partial charge >= 0.3 is 5.97 Å². The third kappa shape index (κ3) is 4.67. The number of hydrogen-bond donors (Lipinski definition) is 0. The fourth-order valence-corrected chi connectivity index (χ4v) is 4.50. The predicted molar refractivity (Wildman–Crippen MR) is 115 cm³/mol. The lowest BCUT2D eigenvalue weighted by atomic mass is 10.0. The van der Waals surface area contributed by atoms with Crippen LogP contribution in [0.4, 0.5) is 0 Å². The number of ether oxygens (including phenoxy) is 1. The number of likely N-dealkylation sites (tertiary alicyclic amines) is 1. The lowest BCUT2D eigenvalue weighted by Gasteiger charge is -2.33. The Hall–Kier alpha value is -2.80. The van der Waals surface area contributed by atoms with Crippen LogP contribution in [0.3, 0.4) is 0 Å². The average molecular weight is 425 g/mol. The predicted octanol–water partition coefficient (Wildman–Crippen LogP) is 4.68. The highest BCUT2D eigenvalue weighted by atomic mass is 32.2. The highest BCUT2D eigenvalue weighted by Gasteiger charge is 2.24. The lowest BCUT2D eigenvalue weighted by molar-refractivity contribution is -0.137. The zero-order valence-corrected chi connectivity index (χ0v) is 17.7. The van der Waals surface area contributed by atoms with Crippen LogP contribution in [0.2, 0.25) is 0 Å². The van der Waals surface area contributed by atoms with Crippen LogP contribution in [0.1, 0.15) is 42.1 Å². The number of hydrogen-bond acceptors (Lipinski definition) is 6. The van der Waals surface area contributed by atoms with E-state index in [0.29, 0.717) is 16.5 Å². The Morgan fingerprint density at radius 3 is 2.80 bits per heavy atom. The Labute approximate surface area is 179 Å². The van der Waals surface area contributed by atoms with E-state index < -0.39 is 5.97 Å². The molecule has 0 bridgehead atoms. The molecule has 7 heteroatoms. The summed E-state index contributed by atoms with van der Waals surface area (Å²) in [6.45, 7) is 2.54. The number of amides is 1. The van der Waals surface area contributed by atoms with Gasteiger partial charge in [0.25, 0.3) is 11.1 Å². The minimum absolute atomic E-state index is 0.131. The molecule has 2 aromatic carbocycles. The van der Waals surface area contributed by atoms with E-state index in [1.807, 2.05) is 48.2 Å². The molecule has 1 aliphatic heterocycles. The number of aromatic nitrogens is 1. The average Bonchev–Trinajstić information content (AvgIpc) is 3.19. The summed E-state index contributed by atoms with van der Waals surface area (Å²) in [6, 6.07) is 15.0. The van der Waals surface area contributed by atoms with E-state index in [0.717, 1.165) is 42.5 Å². The number of thioether (sulfide) groups is 1. The molecule has 4 rings (SSSR count). The van der Waals surface area contributed by atoms with Crippen LogP contribution in [0.5, 0.6) is 0 Å². The van der Waals surface area contributed by atoms with Crippen molar-refractivity contribution in [3.8, 4) is 0 Å². The van der Waals surface area contributed by atoms with Crippen molar-refractivity contribution in [2.24, 2.45) is 0 Å². The number of carbonyl (C=O) groups is 2. The van der Waals surface area contributed by atoms with Gasteiger partial charge in [0.2, 0.25) is 0 Å². The van der Waals surface area contributed by atoms with Crippen LogP contribution in [0.25, 0.3) is 11.1 Å². The molecule has 1 unspecified atom stereocenters. The van der Waals surface area contributed by atoms with Gasteiger partial charge in [-0.15, -0.1) is 0 Å². The molecule has 0 saturated carbocycles. The van der Waals surface area contributed by atoms with Gasteiger partial charge in [-0.1, -0.05) is 42.1 Å². The van der Waals surface area contributed by atoms with Gasteiger partial charge < -0.3 is 14.1 Å². The summed E-state index contributed by atoms with van der Waals surface area (Å²) in [5, 5.41) is 0.550. The maximum Gasteiger partial charge on any atom is 0.338 e. The monoisotopic (exact) mass is 424 g/mol. The summed E-state index contributed by atoms with van der Waals surface area (Å²) in [6.07, 6.45) is 3.13. The smallest absolute Gasteiger partial charge is 0.338 e. The minimum atomic E-state index is -0.484. The summed E-state index contributed by atoms with van der Waals surface area (Å²) in [5.74, 6) is -0.106. The summed E-state index contributed by atoms with van der Waals surface area (Å²) < 4.78 is 11.1. The first kappa shape index (κ1) is 20.5. The van der Waals surface area contributed by atoms with Gasteiger partial charge in [0.15, 0.2) is 12.2 Å². The number of nitrogens with zero attached hydrogens (tertiary/aromatic N) is 2. The number of carbonyl (C=O) groups excluding carboxylic acids is 2. The van der Waals surface area contributed by atoms with Crippen LogP contribution in [0, 0.1) is 0 Å². The van der Waals surface area contributed by atoms with Crippen molar-refractivity contribution in [3.63, 3.8) is 0 Å². The number of benzene rings is 2. The molecule has 30 heavy (non-hydrogen) atoms. The third-order valence-corrected chi connectivity index (χ3v) is 6.19. The second-order valence-corrected chi connectivity index (χ2v) is 8.33. The molecule has 1 amide bonds. The van der Waals surface area contributed by atoms with Crippen LogP contribution in [-0.2, 0) is 15.3 Å². The van der Waals surface area contributed by atoms with Crippen molar-refractivity contribution in [1.82, 2.24) is 9.88 Å². The lowest BCUT2D eigenvalue weighted by Crippen LogP contribution is -2.44. The zero-order valence-electron chi connectivity index (χ0n) is 16.9. The molecule has 0 spiro atoms. The summed E-state index contributed by atoms with van der Waals surface area (Å²) in [7, 11) is 0. The third-order valence-electron chi connectivity index (χ3n) is 5.31. The molecule has 6 nitrogen and oxygen atoms in total.